The highest BCUT2D eigenvalue weighted by Crippen LogP contribution is 2.58. The smallest absolute Gasteiger partial charge is 0.249 e. The van der Waals surface area contributed by atoms with E-state index in [2.05, 4.69) is 39.6 Å². The van der Waals surface area contributed by atoms with Gasteiger partial charge in [-0.25, -0.2) is 0 Å². The Hall–Kier alpha value is -2.28. The summed E-state index contributed by atoms with van der Waals surface area (Å²) in [5, 5.41) is 10.6. The fraction of sp³-hybridized carbons (Fsp3) is 0.579. The minimum atomic E-state index is -0.273. The summed E-state index contributed by atoms with van der Waals surface area (Å²) < 4.78 is 5.47. The van der Waals surface area contributed by atoms with E-state index in [1.54, 1.807) is 12.4 Å². The third-order valence-corrected chi connectivity index (χ3v) is 5.72. The van der Waals surface area contributed by atoms with Crippen LogP contribution in [0.1, 0.15) is 45.0 Å². The van der Waals surface area contributed by atoms with Crippen molar-refractivity contribution in [2.45, 2.75) is 39.2 Å². The molecule has 0 aromatic carbocycles. The maximum atomic E-state index is 12.8. The van der Waals surface area contributed by atoms with Gasteiger partial charge in [-0.2, -0.15) is 4.98 Å². The molecule has 2 unspecified atom stereocenters. The summed E-state index contributed by atoms with van der Waals surface area (Å²) in [6.45, 7) is 6.12. The van der Waals surface area contributed by atoms with Gasteiger partial charge in [-0.15, -0.1) is 0 Å². The van der Waals surface area contributed by atoms with Crippen LogP contribution in [0.15, 0.2) is 29.0 Å². The van der Waals surface area contributed by atoms with Gasteiger partial charge in [0.2, 0.25) is 17.6 Å². The number of hydrogen-bond donors (Lipinski definition) is 2. The molecule has 2 aromatic rings. The lowest BCUT2D eigenvalue weighted by Gasteiger charge is -2.24. The maximum absolute atomic E-state index is 12.8. The molecule has 2 atom stereocenters. The van der Waals surface area contributed by atoms with Crippen molar-refractivity contribution in [3.63, 3.8) is 0 Å². The van der Waals surface area contributed by atoms with Crippen molar-refractivity contribution >= 4 is 5.91 Å². The van der Waals surface area contributed by atoms with Gasteiger partial charge >= 0.3 is 0 Å². The molecule has 4 rings (SSSR count). The zero-order valence-electron chi connectivity index (χ0n) is 15.2. The molecule has 1 aliphatic carbocycles. The number of pyridine rings is 1. The van der Waals surface area contributed by atoms with Gasteiger partial charge in [-0.3, -0.25) is 9.78 Å². The first-order chi connectivity index (χ1) is 12.6. The number of nitrogens with zero attached hydrogens (tertiary/aromatic N) is 3. The van der Waals surface area contributed by atoms with Gasteiger partial charge in [0.05, 0.1) is 0 Å². The molecule has 2 aromatic heterocycles. The number of carbonyl (C=O) groups is 1. The summed E-state index contributed by atoms with van der Waals surface area (Å²) in [4.78, 5) is 21.3. The quantitative estimate of drug-likeness (QED) is 0.855. The van der Waals surface area contributed by atoms with Gasteiger partial charge in [0.25, 0.3) is 0 Å². The molecule has 3 heterocycles. The maximum Gasteiger partial charge on any atom is 0.249 e. The highest BCUT2D eigenvalue weighted by atomic mass is 16.5. The predicted molar refractivity (Wildman–Crippen MR) is 95.9 cm³/mol. The van der Waals surface area contributed by atoms with Gasteiger partial charge in [-0.05, 0) is 55.8 Å². The lowest BCUT2D eigenvalue weighted by molar-refractivity contribution is -0.124. The Morgan fingerprint density at radius 1 is 1.31 bits per heavy atom. The largest absolute Gasteiger partial charge is 0.344 e. The molecule has 0 radical (unpaired) electrons. The topological polar surface area (TPSA) is 92.9 Å². The molecule has 1 saturated carbocycles. The van der Waals surface area contributed by atoms with E-state index in [4.69, 9.17) is 4.52 Å². The van der Waals surface area contributed by atoms with Crippen LogP contribution in [0.25, 0.3) is 11.4 Å². The van der Waals surface area contributed by atoms with Crippen LogP contribution < -0.4 is 10.6 Å². The molecule has 7 heteroatoms. The lowest BCUT2D eigenvalue weighted by atomic mass is 9.91. The van der Waals surface area contributed by atoms with Gasteiger partial charge < -0.3 is 15.2 Å². The van der Waals surface area contributed by atoms with Crippen LogP contribution in [0.2, 0.25) is 0 Å². The van der Waals surface area contributed by atoms with Crippen molar-refractivity contribution in [3.05, 3.63) is 30.4 Å². The first-order valence-electron chi connectivity index (χ1n) is 9.34. The Kier molecular flexibility index (Phi) is 4.48. The Labute approximate surface area is 153 Å². The van der Waals surface area contributed by atoms with Gasteiger partial charge in [0.15, 0.2) is 0 Å². The summed E-state index contributed by atoms with van der Waals surface area (Å²) in [5.74, 6) is 1.37. The van der Waals surface area contributed by atoms with E-state index in [-0.39, 0.29) is 29.2 Å². The van der Waals surface area contributed by atoms with Gasteiger partial charge in [0.1, 0.15) is 6.04 Å². The van der Waals surface area contributed by atoms with Gasteiger partial charge in [-0.1, -0.05) is 19.0 Å². The second kappa shape index (κ2) is 6.79. The zero-order valence-corrected chi connectivity index (χ0v) is 15.2. The van der Waals surface area contributed by atoms with Crippen LogP contribution in [0.5, 0.6) is 0 Å². The van der Waals surface area contributed by atoms with Crippen LogP contribution in [0, 0.1) is 17.3 Å². The van der Waals surface area contributed by atoms with Crippen molar-refractivity contribution in [1.29, 1.82) is 0 Å². The fourth-order valence-electron chi connectivity index (χ4n) is 3.94. The summed E-state index contributed by atoms with van der Waals surface area (Å²) in [6.07, 6.45) is 6.56. The molecule has 1 spiro atoms. The average molecular weight is 355 g/mol. The SMILES string of the molecule is CC(C)C(NC(=O)C1CC12CCNCC2)c1nc(-c2ccncc2)no1. The van der Waals surface area contributed by atoms with Crippen LogP contribution in [-0.2, 0) is 4.79 Å². The molecule has 2 N–H and O–H groups in total. The molecule has 7 nitrogen and oxygen atoms in total. The van der Waals surface area contributed by atoms with Crippen LogP contribution in [0.4, 0.5) is 0 Å². The Morgan fingerprint density at radius 2 is 2.04 bits per heavy atom. The van der Waals surface area contributed by atoms with Gasteiger partial charge in [0, 0.05) is 23.9 Å². The normalized spacial score (nSPS) is 22.3. The first-order valence-corrected chi connectivity index (χ1v) is 9.34. The third-order valence-electron chi connectivity index (χ3n) is 5.72. The molecule has 0 bridgehead atoms. The second-order valence-electron chi connectivity index (χ2n) is 7.79. The number of hydrogen-bond acceptors (Lipinski definition) is 6. The van der Waals surface area contributed by atoms with Crippen molar-refractivity contribution in [2.24, 2.45) is 17.3 Å². The minimum absolute atomic E-state index is 0.119. The van der Waals surface area contributed by atoms with Crippen LogP contribution in [-0.4, -0.2) is 34.1 Å². The van der Waals surface area contributed by atoms with Crippen molar-refractivity contribution < 1.29 is 9.32 Å². The molecule has 26 heavy (non-hydrogen) atoms. The van der Waals surface area contributed by atoms with Crippen molar-refractivity contribution in [2.75, 3.05) is 13.1 Å². The number of carbonyl (C=O) groups excluding carboxylic acids is 1. The standard InChI is InChI=1S/C19H25N5O2/c1-12(2)15(18-23-16(24-26-18)13-3-7-20-8-4-13)22-17(25)14-11-19(14)5-9-21-10-6-19/h3-4,7-8,12,14-15,21H,5-6,9-11H2,1-2H3,(H,22,25). The monoisotopic (exact) mass is 355 g/mol. The molecular weight excluding hydrogens is 330 g/mol. The number of aromatic nitrogens is 3. The van der Waals surface area contributed by atoms with Crippen LogP contribution >= 0.6 is 0 Å². The molecule has 1 amide bonds. The van der Waals surface area contributed by atoms with Crippen molar-refractivity contribution in [1.82, 2.24) is 25.8 Å². The van der Waals surface area contributed by atoms with Crippen molar-refractivity contribution in [3.8, 4) is 11.4 Å². The van der Waals surface area contributed by atoms with E-state index in [1.165, 1.54) is 0 Å². The lowest BCUT2D eigenvalue weighted by Crippen LogP contribution is -2.36. The number of amides is 1. The Balaban J connectivity index is 1.47. The highest BCUT2D eigenvalue weighted by molar-refractivity contribution is 5.83. The molecule has 1 saturated heterocycles. The molecule has 2 fully saturated rings. The summed E-state index contributed by atoms with van der Waals surface area (Å²) in [6, 6.07) is 3.40. The van der Waals surface area contributed by atoms with Crippen LogP contribution in [0.3, 0.4) is 0 Å². The number of nitrogens with one attached hydrogen (secondary N) is 2. The highest BCUT2D eigenvalue weighted by Gasteiger charge is 2.57. The predicted octanol–water partition coefficient (Wildman–Crippen LogP) is 2.33. The third kappa shape index (κ3) is 3.23. The Bertz CT molecular complexity index is 767. The summed E-state index contributed by atoms with van der Waals surface area (Å²) >= 11 is 0. The van der Waals surface area contributed by atoms with E-state index in [0.29, 0.717) is 11.7 Å². The zero-order chi connectivity index (χ0) is 18.1. The minimum Gasteiger partial charge on any atom is -0.344 e. The van der Waals surface area contributed by atoms with E-state index >= 15 is 0 Å². The van der Waals surface area contributed by atoms with E-state index in [9.17, 15) is 4.79 Å². The second-order valence-corrected chi connectivity index (χ2v) is 7.79. The van der Waals surface area contributed by atoms with E-state index in [1.807, 2.05) is 12.1 Å². The van der Waals surface area contributed by atoms with E-state index < -0.39 is 0 Å². The molecule has 2 aliphatic rings. The number of rotatable bonds is 5. The molecular formula is C19H25N5O2. The fourth-order valence-corrected chi connectivity index (χ4v) is 3.94. The average Bonchev–Trinajstić information content (AvgIpc) is 3.13. The summed E-state index contributed by atoms with van der Waals surface area (Å²) in [5.41, 5.74) is 1.06. The van der Waals surface area contributed by atoms with E-state index in [0.717, 1.165) is 37.9 Å². The number of piperidine rings is 1. The first kappa shape index (κ1) is 17.1. The molecule has 1 aliphatic heterocycles. The molecule has 138 valence electrons. The summed E-state index contributed by atoms with van der Waals surface area (Å²) in [7, 11) is 0. The Morgan fingerprint density at radius 3 is 2.73 bits per heavy atom.